The molecule has 0 spiro atoms. The van der Waals surface area contributed by atoms with Crippen molar-refractivity contribution in [2.75, 3.05) is 6.61 Å². The van der Waals surface area contributed by atoms with Crippen molar-refractivity contribution in [3.05, 3.63) is 95.8 Å². The summed E-state index contributed by atoms with van der Waals surface area (Å²) in [7, 11) is 0. The highest BCUT2D eigenvalue weighted by Crippen LogP contribution is 2.21. The van der Waals surface area contributed by atoms with Crippen molar-refractivity contribution in [1.29, 1.82) is 0 Å². The van der Waals surface area contributed by atoms with Crippen LogP contribution < -0.4 is 9.47 Å². The summed E-state index contributed by atoms with van der Waals surface area (Å²) < 4.78 is 13.3. The van der Waals surface area contributed by atoms with Crippen LogP contribution in [0.1, 0.15) is 30.0 Å². The third-order valence-corrected chi connectivity index (χ3v) is 5.26. The molecule has 174 valence electrons. The van der Waals surface area contributed by atoms with Crippen LogP contribution >= 0.6 is 0 Å². The van der Waals surface area contributed by atoms with Gasteiger partial charge in [0.1, 0.15) is 12.4 Å². The normalized spacial score (nSPS) is 10.7. The van der Waals surface area contributed by atoms with Gasteiger partial charge in [0.05, 0.1) is 18.8 Å². The molecule has 0 aliphatic rings. The predicted octanol–water partition coefficient (Wildman–Crippen LogP) is 4.99. The highest BCUT2D eigenvalue weighted by Gasteiger charge is 2.12. The van der Waals surface area contributed by atoms with Crippen molar-refractivity contribution < 1.29 is 19.4 Å². The van der Waals surface area contributed by atoms with Gasteiger partial charge >= 0.3 is 5.97 Å². The lowest BCUT2D eigenvalue weighted by molar-refractivity contribution is -0.136. The molecule has 2 aromatic carbocycles. The van der Waals surface area contributed by atoms with Gasteiger partial charge in [-0.1, -0.05) is 48.5 Å². The van der Waals surface area contributed by atoms with E-state index in [2.05, 4.69) is 10.1 Å². The van der Waals surface area contributed by atoms with E-state index in [9.17, 15) is 4.79 Å². The van der Waals surface area contributed by atoms with E-state index < -0.39 is 5.97 Å². The average Bonchev–Trinajstić information content (AvgIpc) is 3.24. The minimum atomic E-state index is -0.839. The lowest BCUT2D eigenvalue weighted by atomic mass is 10.1. The Balaban J connectivity index is 1.33. The fourth-order valence-corrected chi connectivity index (χ4v) is 3.53. The highest BCUT2D eigenvalue weighted by molar-refractivity contribution is 5.67. The second kappa shape index (κ2) is 11.1. The van der Waals surface area contributed by atoms with Crippen LogP contribution in [0.15, 0.2) is 79.1 Å². The van der Waals surface area contributed by atoms with Gasteiger partial charge in [-0.2, -0.15) is 0 Å². The largest absolute Gasteiger partial charge is 0.489 e. The summed E-state index contributed by atoms with van der Waals surface area (Å²) in [5.41, 5.74) is 4.88. The monoisotopic (exact) mass is 457 g/mol. The molecule has 7 heteroatoms. The van der Waals surface area contributed by atoms with E-state index in [0.717, 1.165) is 33.7 Å². The molecule has 0 fully saturated rings. The first-order chi connectivity index (χ1) is 16.6. The van der Waals surface area contributed by atoms with Gasteiger partial charge in [-0.15, -0.1) is 5.10 Å². The van der Waals surface area contributed by atoms with Crippen LogP contribution in [0.2, 0.25) is 0 Å². The van der Waals surface area contributed by atoms with Gasteiger partial charge in [0.2, 0.25) is 5.88 Å². The number of carboxylic acid groups (broad SMARTS) is 1. The molecule has 0 saturated carbocycles. The molecule has 0 saturated heterocycles. The van der Waals surface area contributed by atoms with Crippen LogP contribution in [0.5, 0.6) is 11.6 Å². The van der Waals surface area contributed by atoms with E-state index in [1.54, 1.807) is 4.68 Å². The molecule has 2 aromatic heterocycles. The first-order valence-electron chi connectivity index (χ1n) is 11.2. The quantitative estimate of drug-likeness (QED) is 0.342. The summed E-state index contributed by atoms with van der Waals surface area (Å²) in [5, 5.41) is 13.4. The summed E-state index contributed by atoms with van der Waals surface area (Å²) in [6.07, 6.45) is 4.12. The van der Waals surface area contributed by atoms with E-state index in [1.165, 1.54) is 0 Å². The molecule has 7 nitrogen and oxygen atoms in total. The van der Waals surface area contributed by atoms with Gasteiger partial charge in [0, 0.05) is 35.5 Å². The topological polar surface area (TPSA) is 86.5 Å². The van der Waals surface area contributed by atoms with Crippen LogP contribution in [-0.4, -0.2) is 32.4 Å². The number of aryl methyl sites for hydroxylation is 1. The molecular formula is C27H27N3O4. The van der Waals surface area contributed by atoms with Crippen LogP contribution in [0, 0.1) is 0 Å². The zero-order valence-corrected chi connectivity index (χ0v) is 19.1. The van der Waals surface area contributed by atoms with Crippen molar-refractivity contribution in [3.8, 4) is 22.9 Å². The second-order valence-electron chi connectivity index (χ2n) is 7.83. The Morgan fingerprint density at radius 1 is 0.971 bits per heavy atom. The molecule has 0 amide bonds. The first kappa shape index (κ1) is 23.0. The fraction of sp³-hybridized carbons (Fsp3) is 0.222. The molecule has 0 bridgehead atoms. The molecule has 1 N–H and O–H groups in total. The van der Waals surface area contributed by atoms with Gasteiger partial charge in [0.25, 0.3) is 0 Å². The Labute approximate surface area is 198 Å². The van der Waals surface area contributed by atoms with E-state index in [-0.39, 0.29) is 6.42 Å². The molecular weight excluding hydrogens is 430 g/mol. The number of pyridine rings is 1. The number of hydrogen-bond donors (Lipinski definition) is 1. The summed E-state index contributed by atoms with van der Waals surface area (Å²) in [5.74, 6) is 0.429. The summed E-state index contributed by atoms with van der Waals surface area (Å²) in [4.78, 5) is 15.4. The minimum Gasteiger partial charge on any atom is -0.489 e. The molecule has 4 rings (SSSR count). The third kappa shape index (κ3) is 6.22. The first-order valence-corrected chi connectivity index (χ1v) is 11.2. The van der Waals surface area contributed by atoms with Crippen molar-refractivity contribution in [3.63, 3.8) is 0 Å². The number of hydrogen-bond acceptors (Lipinski definition) is 5. The number of carboxylic acids is 1. The highest BCUT2D eigenvalue weighted by atomic mass is 16.5. The van der Waals surface area contributed by atoms with Crippen LogP contribution in [0.3, 0.4) is 0 Å². The SMILES string of the molecule is CCOc1nn(Cc2ccc(OCc3ccc(-c4ccccc4)nc3)cc2)cc1CCC(=O)O. The van der Waals surface area contributed by atoms with Crippen molar-refractivity contribution in [1.82, 2.24) is 14.8 Å². The maximum absolute atomic E-state index is 10.9. The molecule has 2 heterocycles. The minimum absolute atomic E-state index is 0.0440. The number of ether oxygens (including phenoxy) is 2. The molecule has 0 atom stereocenters. The Kier molecular flexibility index (Phi) is 7.55. The number of benzene rings is 2. The number of aromatic nitrogens is 3. The molecule has 34 heavy (non-hydrogen) atoms. The summed E-state index contributed by atoms with van der Waals surface area (Å²) in [6, 6.07) is 21.9. The van der Waals surface area contributed by atoms with Crippen LogP contribution in [-0.2, 0) is 24.4 Å². The Morgan fingerprint density at radius 3 is 2.41 bits per heavy atom. The molecule has 0 radical (unpaired) electrons. The number of nitrogens with zero attached hydrogens (tertiary/aromatic N) is 3. The maximum atomic E-state index is 10.9. The van der Waals surface area contributed by atoms with Crippen LogP contribution in [0.25, 0.3) is 11.3 Å². The lowest BCUT2D eigenvalue weighted by Crippen LogP contribution is -2.02. The number of carbonyl (C=O) groups is 1. The van der Waals surface area contributed by atoms with E-state index in [1.807, 2.05) is 86.0 Å². The third-order valence-electron chi connectivity index (χ3n) is 5.26. The van der Waals surface area contributed by atoms with Crippen molar-refractivity contribution >= 4 is 5.97 Å². The molecule has 0 unspecified atom stereocenters. The fourth-order valence-electron chi connectivity index (χ4n) is 3.53. The molecule has 4 aromatic rings. The molecule has 0 aliphatic heterocycles. The van der Waals surface area contributed by atoms with Crippen molar-refractivity contribution in [2.45, 2.75) is 32.9 Å². The van der Waals surface area contributed by atoms with E-state index in [4.69, 9.17) is 14.6 Å². The number of rotatable bonds is 11. The van der Waals surface area contributed by atoms with E-state index in [0.29, 0.717) is 32.1 Å². The zero-order chi connectivity index (χ0) is 23.8. The van der Waals surface area contributed by atoms with Crippen LogP contribution in [0.4, 0.5) is 0 Å². The Hall–Kier alpha value is -4.13. The average molecular weight is 458 g/mol. The lowest BCUT2D eigenvalue weighted by Gasteiger charge is -2.08. The van der Waals surface area contributed by atoms with Gasteiger partial charge in [0.15, 0.2) is 0 Å². The Bertz CT molecular complexity index is 1200. The summed E-state index contributed by atoms with van der Waals surface area (Å²) >= 11 is 0. The van der Waals surface area contributed by atoms with Crippen molar-refractivity contribution in [2.24, 2.45) is 0 Å². The Morgan fingerprint density at radius 2 is 1.74 bits per heavy atom. The smallest absolute Gasteiger partial charge is 0.303 e. The summed E-state index contributed by atoms with van der Waals surface area (Å²) in [6.45, 7) is 3.35. The maximum Gasteiger partial charge on any atom is 0.303 e. The van der Waals surface area contributed by atoms with Gasteiger partial charge in [-0.3, -0.25) is 14.5 Å². The van der Waals surface area contributed by atoms with E-state index >= 15 is 0 Å². The standard InChI is InChI=1S/C27H27N3O4/c1-2-33-27-23(11-15-26(31)32)18-30(29-27)17-20-8-12-24(13-9-20)34-19-21-10-14-25(28-16-21)22-6-4-3-5-7-22/h3-10,12-14,16,18H,2,11,15,17,19H2,1H3,(H,31,32). The zero-order valence-electron chi connectivity index (χ0n) is 19.1. The van der Waals surface area contributed by atoms with Gasteiger partial charge < -0.3 is 14.6 Å². The predicted molar refractivity (Wildman–Crippen MR) is 129 cm³/mol. The molecule has 0 aliphatic carbocycles. The number of aliphatic carboxylic acids is 1. The van der Waals surface area contributed by atoms with Gasteiger partial charge in [-0.05, 0) is 37.1 Å². The second-order valence-corrected chi connectivity index (χ2v) is 7.83. The van der Waals surface area contributed by atoms with Gasteiger partial charge in [-0.25, -0.2) is 0 Å².